The van der Waals surface area contributed by atoms with Crippen LogP contribution in [0, 0.1) is 4.77 Å². The van der Waals surface area contributed by atoms with E-state index in [1.54, 1.807) is 61.7 Å². The molecule has 0 aliphatic carbocycles. The Morgan fingerprint density at radius 2 is 1.60 bits per heavy atom. The van der Waals surface area contributed by atoms with E-state index in [0.717, 1.165) is 0 Å². The van der Waals surface area contributed by atoms with Crippen LogP contribution in [0.25, 0.3) is 16.6 Å². The molecule has 4 aromatic rings. The number of aromatic amines is 1. The van der Waals surface area contributed by atoms with Crippen molar-refractivity contribution in [3.63, 3.8) is 0 Å². The number of nitrogens with one attached hydrogen (secondary N) is 2. The van der Waals surface area contributed by atoms with E-state index >= 15 is 0 Å². The lowest BCUT2D eigenvalue weighted by molar-refractivity contribution is 0.102. The molecule has 1 heterocycles. The molecule has 0 bridgehead atoms. The summed E-state index contributed by atoms with van der Waals surface area (Å²) in [4.78, 5) is 29.3. The largest absolute Gasteiger partial charge is 0.497 e. The number of hydrogen-bond donors (Lipinski definition) is 2. The molecule has 0 aliphatic rings. The molecule has 2 N–H and O–H groups in total. The monoisotopic (exact) mass is 493 g/mol. The molecule has 9 nitrogen and oxygen atoms in total. The molecule has 4 rings (SSSR count). The zero-order valence-electron chi connectivity index (χ0n) is 19.5. The number of ether oxygens (including phenoxy) is 4. The van der Waals surface area contributed by atoms with E-state index in [1.807, 2.05) is 0 Å². The van der Waals surface area contributed by atoms with Gasteiger partial charge >= 0.3 is 0 Å². The highest BCUT2D eigenvalue weighted by Gasteiger charge is 2.15. The van der Waals surface area contributed by atoms with Crippen LogP contribution in [0.15, 0.2) is 59.4 Å². The van der Waals surface area contributed by atoms with Crippen molar-refractivity contribution in [2.45, 2.75) is 0 Å². The first kappa shape index (κ1) is 23.8. The third-order valence-electron chi connectivity index (χ3n) is 5.43. The summed E-state index contributed by atoms with van der Waals surface area (Å²) in [5.41, 5.74) is 1.43. The van der Waals surface area contributed by atoms with Crippen LogP contribution >= 0.6 is 12.2 Å². The number of fused-ring (bicyclic) bond motifs is 1. The summed E-state index contributed by atoms with van der Waals surface area (Å²) in [6, 6.07) is 14.9. The highest BCUT2D eigenvalue weighted by Crippen LogP contribution is 2.30. The Morgan fingerprint density at radius 3 is 2.29 bits per heavy atom. The van der Waals surface area contributed by atoms with Gasteiger partial charge in [0, 0.05) is 23.4 Å². The number of carbonyl (C=O) groups is 1. The SMILES string of the molecule is COc1ccc(-n2c(=S)[nH]c3cc(C(=O)Nc4ccc(OC)c(OC)c4)ccc3c2=O)c(OC)c1. The minimum Gasteiger partial charge on any atom is -0.497 e. The van der Waals surface area contributed by atoms with Crippen LogP contribution in [0.1, 0.15) is 10.4 Å². The Morgan fingerprint density at radius 1 is 0.857 bits per heavy atom. The molecular weight excluding hydrogens is 470 g/mol. The van der Waals surface area contributed by atoms with Crippen LogP contribution in [-0.2, 0) is 0 Å². The van der Waals surface area contributed by atoms with Gasteiger partial charge in [-0.2, -0.15) is 0 Å². The molecule has 10 heteroatoms. The summed E-state index contributed by atoms with van der Waals surface area (Å²) in [6.07, 6.45) is 0. The van der Waals surface area contributed by atoms with Crippen molar-refractivity contribution in [3.05, 3.63) is 75.3 Å². The Balaban J connectivity index is 1.72. The van der Waals surface area contributed by atoms with Crippen molar-refractivity contribution in [3.8, 4) is 28.7 Å². The minimum absolute atomic E-state index is 0.156. The molecule has 0 spiro atoms. The number of anilines is 1. The van der Waals surface area contributed by atoms with E-state index in [4.69, 9.17) is 31.2 Å². The van der Waals surface area contributed by atoms with Gasteiger partial charge in [-0.05, 0) is 54.7 Å². The molecule has 0 fully saturated rings. The first-order valence-electron chi connectivity index (χ1n) is 10.4. The van der Waals surface area contributed by atoms with Crippen molar-refractivity contribution in [1.29, 1.82) is 0 Å². The number of H-pyrrole nitrogens is 1. The lowest BCUT2D eigenvalue weighted by Crippen LogP contribution is -2.21. The Labute approximate surface area is 205 Å². The predicted molar refractivity (Wildman–Crippen MR) is 135 cm³/mol. The topological polar surface area (TPSA) is 104 Å². The Kier molecular flexibility index (Phi) is 6.74. The molecular formula is C25H23N3O6S. The van der Waals surface area contributed by atoms with Crippen LogP contribution in [0.2, 0.25) is 0 Å². The predicted octanol–water partition coefficient (Wildman–Crippen LogP) is 4.33. The molecule has 0 aliphatic heterocycles. The highest BCUT2D eigenvalue weighted by atomic mass is 32.1. The molecule has 35 heavy (non-hydrogen) atoms. The van der Waals surface area contributed by atoms with Gasteiger partial charge in [0.1, 0.15) is 11.5 Å². The van der Waals surface area contributed by atoms with E-state index < -0.39 is 0 Å². The number of rotatable bonds is 7. The highest BCUT2D eigenvalue weighted by molar-refractivity contribution is 7.71. The minimum atomic E-state index is -0.362. The quantitative estimate of drug-likeness (QED) is 0.369. The third kappa shape index (κ3) is 4.56. The van der Waals surface area contributed by atoms with Gasteiger partial charge in [-0.1, -0.05) is 0 Å². The Hall–Kier alpha value is -4.31. The summed E-state index contributed by atoms with van der Waals surface area (Å²) in [5, 5.41) is 3.18. The molecule has 1 amide bonds. The number of benzene rings is 3. The molecule has 0 saturated heterocycles. The van der Waals surface area contributed by atoms with E-state index in [-0.39, 0.29) is 16.2 Å². The maximum atomic E-state index is 13.3. The number of aromatic nitrogens is 2. The normalized spacial score (nSPS) is 10.6. The lowest BCUT2D eigenvalue weighted by atomic mass is 10.1. The summed E-state index contributed by atoms with van der Waals surface area (Å²) in [5.74, 6) is 1.69. The van der Waals surface area contributed by atoms with Crippen LogP contribution in [0.3, 0.4) is 0 Å². The van der Waals surface area contributed by atoms with Gasteiger partial charge < -0.3 is 29.2 Å². The fourth-order valence-electron chi connectivity index (χ4n) is 3.66. The van der Waals surface area contributed by atoms with Crippen molar-refractivity contribution < 1.29 is 23.7 Å². The van der Waals surface area contributed by atoms with Gasteiger partial charge in [-0.3, -0.25) is 9.59 Å². The molecule has 180 valence electrons. The number of carbonyl (C=O) groups excluding carboxylic acids is 1. The molecule has 0 saturated carbocycles. The summed E-state index contributed by atoms with van der Waals surface area (Å²) in [6.45, 7) is 0. The van der Waals surface area contributed by atoms with Crippen LogP contribution in [0.5, 0.6) is 23.0 Å². The van der Waals surface area contributed by atoms with Crippen molar-refractivity contribution in [2.75, 3.05) is 33.8 Å². The van der Waals surface area contributed by atoms with E-state index in [9.17, 15) is 9.59 Å². The molecule has 3 aromatic carbocycles. The number of nitrogens with zero attached hydrogens (tertiary/aromatic N) is 1. The standard InChI is InChI=1S/C25H23N3O6S/c1-31-16-7-9-19(21(13-16)33-3)28-24(30)17-8-5-14(11-18(17)27-25(28)35)23(29)26-15-6-10-20(32-2)22(12-15)34-4/h5-13H,1-4H3,(H,26,29)(H,27,35). The second kappa shape index (κ2) is 9.90. The molecule has 0 unspecified atom stereocenters. The second-order valence-electron chi connectivity index (χ2n) is 7.39. The van der Waals surface area contributed by atoms with Gasteiger partial charge in [0.25, 0.3) is 11.5 Å². The smallest absolute Gasteiger partial charge is 0.266 e. The van der Waals surface area contributed by atoms with Gasteiger partial charge in [0.05, 0.1) is 45.0 Å². The van der Waals surface area contributed by atoms with Gasteiger partial charge in [0.2, 0.25) is 0 Å². The van der Waals surface area contributed by atoms with Crippen molar-refractivity contribution >= 4 is 34.7 Å². The number of methoxy groups -OCH3 is 4. The second-order valence-corrected chi connectivity index (χ2v) is 7.78. The average molecular weight is 494 g/mol. The van der Waals surface area contributed by atoms with Crippen LogP contribution in [-0.4, -0.2) is 43.9 Å². The zero-order chi connectivity index (χ0) is 25.1. The maximum Gasteiger partial charge on any atom is 0.266 e. The van der Waals surface area contributed by atoms with Gasteiger partial charge in [-0.15, -0.1) is 0 Å². The first-order chi connectivity index (χ1) is 16.9. The van der Waals surface area contributed by atoms with E-state index in [0.29, 0.717) is 50.8 Å². The lowest BCUT2D eigenvalue weighted by Gasteiger charge is -2.14. The van der Waals surface area contributed by atoms with Gasteiger partial charge in [0.15, 0.2) is 16.3 Å². The van der Waals surface area contributed by atoms with Gasteiger partial charge in [-0.25, -0.2) is 4.57 Å². The molecule has 0 radical (unpaired) electrons. The fourth-order valence-corrected chi connectivity index (χ4v) is 3.96. The van der Waals surface area contributed by atoms with E-state index in [2.05, 4.69) is 10.3 Å². The average Bonchev–Trinajstić information content (AvgIpc) is 2.88. The van der Waals surface area contributed by atoms with Crippen molar-refractivity contribution in [2.24, 2.45) is 0 Å². The summed E-state index contributed by atoms with van der Waals surface area (Å²) in [7, 11) is 6.10. The number of hydrogen-bond acceptors (Lipinski definition) is 7. The molecule has 0 atom stereocenters. The molecule has 1 aromatic heterocycles. The number of amides is 1. The summed E-state index contributed by atoms with van der Waals surface area (Å²) >= 11 is 5.48. The third-order valence-corrected chi connectivity index (χ3v) is 5.71. The Bertz CT molecular complexity index is 1540. The zero-order valence-corrected chi connectivity index (χ0v) is 20.3. The first-order valence-corrected chi connectivity index (χ1v) is 10.9. The fraction of sp³-hybridized carbons (Fsp3) is 0.160. The van der Waals surface area contributed by atoms with Crippen LogP contribution < -0.4 is 29.8 Å². The van der Waals surface area contributed by atoms with Crippen molar-refractivity contribution in [1.82, 2.24) is 9.55 Å². The summed E-state index contributed by atoms with van der Waals surface area (Å²) < 4.78 is 22.7. The van der Waals surface area contributed by atoms with Crippen LogP contribution in [0.4, 0.5) is 5.69 Å². The maximum absolute atomic E-state index is 13.3. The van der Waals surface area contributed by atoms with E-state index in [1.165, 1.54) is 25.9 Å².